The second-order valence-electron chi connectivity index (χ2n) is 4.20. The third kappa shape index (κ3) is 4.44. The minimum atomic E-state index is -1.33. The van der Waals surface area contributed by atoms with Crippen LogP contribution in [0.4, 0.5) is 5.69 Å². The van der Waals surface area contributed by atoms with Crippen molar-refractivity contribution in [2.24, 2.45) is 0 Å². The fraction of sp³-hybridized carbons (Fsp3) is 0.500. The van der Waals surface area contributed by atoms with Crippen molar-refractivity contribution in [3.8, 4) is 0 Å². The first-order valence-corrected chi connectivity index (χ1v) is 6.40. The number of carbonyl (C=O) groups is 1. The Balaban J connectivity index is 2.65. The lowest BCUT2D eigenvalue weighted by Crippen LogP contribution is -2.39. The van der Waals surface area contributed by atoms with Crippen LogP contribution in [0.15, 0.2) is 22.9 Å². The van der Waals surface area contributed by atoms with Crippen LogP contribution in [-0.2, 0) is 4.79 Å². The molecule has 0 fully saturated rings. The maximum absolute atomic E-state index is 11.9. The van der Waals surface area contributed by atoms with E-state index in [4.69, 9.17) is 0 Å². The Hall–Kier alpha value is -0.940. The molecule has 4 nitrogen and oxygen atoms in total. The van der Waals surface area contributed by atoms with Crippen molar-refractivity contribution in [1.29, 1.82) is 0 Å². The summed E-state index contributed by atoms with van der Waals surface area (Å²) in [5, 5.41) is 12.7. The standard InChI is InChI=1S/C12H17BrN2O2/c1-3-4-6-12(2,17)11(16)15-9-5-7-14-10(13)8-9/h5,7-8,17H,3-4,6H2,1-2H3,(H,14,15,16). The molecule has 17 heavy (non-hydrogen) atoms. The van der Waals surface area contributed by atoms with Gasteiger partial charge in [0.05, 0.1) is 0 Å². The molecule has 0 aliphatic heterocycles. The maximum atomic E-state index is 11.9. The highest BCUT2D eigenvalue weighted by molar-refractivity contribution is 9.10. The van der Waals surface area contributed by atoms with Gasteiger partial charge < -0.3 is 10.4 Å². The van der Waals surface area contributed by atoms with Crippen LogP contribution in [0.1, 0.15) is 33.1 Å². The van der Waals surface area contributed by atoms with Crippen LogP contribution in [0.25, 0.3) is 0 Å². The molecule has 0 aromatic carbocycles. The topological polar surface area (TPSA) is 62.2 Å². The molecule has 1 unspecified atom stereocenters. The summed E-state index contributed by atoms with van der Waals surface area (Å²) in [7, 11) is 0. The minimum absolute atomic E-state index is 0.385. The molecule has 0 saturated heterocycles. The molecule has 2 N–H and O–H groups in total. The van der Waals surface area contributed by atoms with Crippen LogP contribution >= 0.6 is 15.9 Å². The average Bonchev–Trinajstić information content (AvgIpc) is 2.26. The van der Waals surface area contributed by atoms with E-state index in [0.29, 0.717) is 16.7 Å². The Kier molecular flexibility index (Phi) is 5.08. The van der Waals surface area contributed by atoms with E-state index < -0.39 is 5.60 Å². The van der Waals surface area contributed by atoms with Gasteiger partial charge in [-0.15, -0.1) is 0 Å². The molecule has 1 atom stereocenters. The van der Waals surface area contributed by atoms with Gasteiger partial charge in [-0.1, -0.05) is 19.8 Å². The first-order valence-electron chi connectivity index (χ1n) is 5.61. The van der Waals surface area contributed by atoms with Crippen molar-refractivity contribution < 1.29 is 9.90 Å². The summed E-state index contributed by atoms with van der Waals surface area (Å²) in [6.07, 6.45) is 3.81. The van der Waals surface area contributed by atoms with Gasteiger partial charge >= 0.3 is 0 Å². The first-order chi connectivity index (χ1) is 7.95. The molecule has 0 spiro atoms. The number of pyridine rings is 1. The minimum Gasteiger partial charge on any atom is -0.380 e. The second kappa shape index (κ2) is 6.12. The van der Waals surface area contributed by atoms with E-state index in [1.54, 1.807) is 18.3 Å². The molecular weight excluding hydrogens is 284 g/mol. The monoisotopic (exact) mass is 300 g/mol. The average molecular weight is 301 g/mol. The summed E-state index contributed by atoms with van der Waals surface area (Å²) in [6, 6.07) is 3.37. The Morgan fingerprint density at radius 3 is 2.94 bits per heavy atom. The maximum Gasteiger partial charge on any atom is 0.256 e. The number of rotatable bonds is 5. The molecule has 0 saturated carbocycles. The summed E-state index contributed by atoms with van der Waals surface area (Å²) < 4.78 is 0.642. The highest BCUT2D eigenvalue weighted by atomic mass is 79.9. The summed E-state index contributed by atoms with van der Waals surface area (Å²) in [4.78, 5) is 15.8. The molecule has 1 heterocycles. The number of nitrogens with zero attached hydrogens (tertiary/aromatic N) is 1. The number of amides is 1. The van der Waals surface area contributed by atoms with E-state index in [9.17, 15) is 9.90 Å². The number of hydrogen-bond donors (Lipinski definition) is 2. The van der Waals surface area contributed by atoms with Gasteiger partial charge in [0.15, 0.2) is 0 Å². The molecule has 94 valence electrons. The second-order valence-corrected chi connectivity index (χ2v) is 5.01. The van der Waals surface area contributed by atoms with Crippen molar-refractivity contribution in [2.75, 3.05) is 5.32 Å². The van der Waals surface area contributed by atoms with Crippen molar-refractivity contribution >= 4 is 27.5 Å². The van der Waals surface area contributed by atoms with Crippen LogP contribution in [0.3, 0.4) is 0 Å². The van der Waals surface area contributed by atoms with E-state index in [-0.39, 0.29) is 5.91 Å². The lowest BCUT2D eigenvalue weighted by molar-refractivity contribution is -0.133. The van der Waals surface area contributed by atoms with E-state index in [1.807, 2.05) is 6.92 Å². The molecule has 0 aliphatic carbocycles. The summed E-state index contributed by atoms with van der Waals surface area (Å²) in [5.41, 5.74) is -0.709. The van der Waals surface area contributed by atoms with Gasteiger partial charge in [0.1, 0.15) is 10.2 Å². The summed E-state index contributed by atoms with van der Waals surface area (Å²) in [5.74, 6) is -0.385. The molecule has 0 aliphatic rings. The number of hydrogen-bond acceptors (Lipinski definition) is 3. The van der Waals surface area contributed by atoms with Crippen molar-refractivity contribution in [2.45, 2.75) is 38.7 Å². The van der Waals surface area contributed by atoms with Crippen molar-refractivity contribution in [3.05, 3.63) is 22.9 Å². The zero-order valence-electron chi connectivity index (χ0n) is 10.0. The Bertz CT molecular complexity index is 394. The van der Waals surface area contributed by atoms with Crippen LogP contribution < -0.4 is 5.32 Å². The number of aliphatic hydroxyl groups is 1. The number of carbonyl (C=O) groups excluding carboxylic acids is 1. The number of halogens is 1. The van der Waals surface area contributed by atoms with Crippen LogP contribution in [0.2, 0.25) is 0 Å². The largest absolute Gasteiger partial charge is 0.380 e. The third-order valence-electron chi connectivity index (χ3n) is 2.49. The number of nitrogens with one attached hydrogen (secondary N) is 1. The number of anilines is 1. The fourth-order valence-corrected chi connectivity index (χ4v) is 1.75. The highest BCUT2D eigenvalue weighted by Crippen LogP contribution is 2.18. The first kappa shape index (κ1) is 14.1. The van der Waals surface area contributed by atoms with Crippen LogP contribution in [0.5, 0.6) is 0 Å². The lowest BCUT2D eigenvalue weighted by atomic mass is 9.98. The van der Waals surface area contributed by atoms with E-state index in [0.717, 1.165) is 12.8 Å². The molecule has 0 radical (unpaired) electrons. The quantitative estimate of drug-likeness (QED) is 0.822. The van der Waals surface area contributed by atoms with Crippen molar-refractivity contribution in [1.82, 2.24) is 4.98 Å². The SMILES string of the molecule is CCCCC(C)(O)C(=O)Nc1ccnc(Br)c1. The van der Waals surface area contributed by atoms with E-state index >= 15 is 0 Å². The Morgan fingerprint density at radius 1 is 1.65 bits per heavy atom. The van der Waals surface area contributed by atoms with Gasteiger partial charge in [-0.3, -0.25) is 4.79 Å². The molecule has 1 rings (SSSR count). The van der Waals surface area contributed by atoms with Gasteiger partial charge in [0.25, 0.3) is 5.91 Å². The predicted octanol–water partition coefficient (Wildman–Crippen LogP) is 2.72. The molecular formula is C12H17BrN2O2. The Labute approximate surface area is 110 Å². The molecule has 0 bridgehead atoms. The lowest BCUT2D eigenvalue weighted by Gasteiger charge is -2.22. The van der Waals surface area contributed by atoms with Gasteiger partial charge in [0.2, 0.25) is 0 Å². The molecule has 1 amide bonds. The number of unbranched alkanes of at least 4 members (excludes halogenated alkanes) is 1. The zero-order valence-corrected chi connectivity index (χ0v) is 11.6. The van der Waals surface area contributed by atoms with E-state index in [1.165, 1.54) is 6.92 Å². The highest BCUT2D eigenvalue weighted by Gasteiger charge is 2.29. The predicted molar refractivity (Wildman–Crippen MR) is 70.7 cm³/mol. The van der Waals surface area contributed by atoms with Crippen molar-refractivity contribution in [3.63, 3.8) is 0 Å². The van der Waals surface area contributed by atoms with Crippen LogP contribution in [0, 0.1) is 0 Å². The molecule has 1 aromatic rings. The zero-order chi connectivity index (χ0) is 12.9. The van der Waals surface area contributed by atoms with Gasteiger partial charge in [-0.25, -0.2) is 4.98 Å². The fourth-order valence-electron chi connectivity index (χ4n) is 1.38. The summed E-state index contributed by atoms with van der Waals surface area (Å²) in [6.45, 7) is 3.56. The third-order valence-corrected chi connectivity index (χ3v) is 2.92. The number of aromatic nitrogens is 1. The smallest absolute Gasteiger partial charge is 0.256 e. The normalized spacial score (nSPS) is 14.1. The van der Waals surface area contributed by atoms with E-state index in [2.05, 4.69) is 26.2 Å². The molecule has 1 aromatic heterocycles. The van der Waals surface area contributed by atoms with Gasteiger partial charge in [-0.2, -0.15) is 0 Å². The van der Waals surface area contributed by atoms with Gasteiger partial charge in [0, 0.05) is 11.9 Å². The van der Waals surface area contributed by atoms with Gasteiger partial charge in [-0.05, 0) is 41.4 Å². The summed E-state index contributed by atoms with van der Waals surface area (Å²) >= 11 is 3.22. The molecule has 5 heteroatoms. The Morgan fingerprint density at radius 2 is 2.35 bits per heavy atom. The van der Waals surface area contributed by atoms with Crippen LogP contribution in [-0.4, -0.2) is 21.6 Å².